The number of aryl methyl sites for hydroxylation is 1. The molecule has 2 N–H and O–H groups in total. The minimum absolute atomic E-state index is 0.230. The third-order valence-corrected chi connectivity index (χ3v) is 5.96. The number of nitrogens with one attached hydrogen (secondary N) is 2. The first-order valence-electron chi connectivity index (χ1n) is 9.86. The van der Waals surface area contributed by atoms with Gasteiger partial charge in [0, 0.05) is 42.8 Å². The molecule has 4 rings (SSSR count). The smallest absolute Gasteiger partial charge is 0.321 e. The van der Waals surface area contributed by atoms with Crippen LogP contribution < -0.4 is 10.0 Å². The van der Waals surface area contributed by atoms with Crippen LogP contribution in [-0.2, 0) is 10.0 Å². The quantitative estimate of drug-likeness (QED) is 0.669. The maximum Gasteiger partial charge on any atom is 0.321 e. The zero-order valence-electron chi connectivity index (χ0n) is 17.0. The molecule has 1 atom stereocenters. The average molecular weight is 428 g/mol. The van der Waals surface area contributed by atoms with Gasteiger partial charge in [-0.05, 0) is 43.5 Å². The van der Waals surface area contributed by atoms with Crippen molar-refractivity contribution in [1.82, 2.24) is 19.0 Å². The number of amides is 2. The molecule has 3 heterocycles. The molecule has 30 heavy (non-hydrogen) atoms. The SMILES string of the molecule is Cc1cccn2cc(-c3ccc(NC(=O)N4CCC[C@@H](NS(C)(=O)=O)C4)cc3)nc12. The van der Waals surface area contributed by atoms with Crippen molar-refractivity contribution in [1.29, 1.82) is 0 Å². The van der Waals surface area contributed by atoms with E-state index in [2.05, 4.69) is 10.0 Å². The van der Waals surface area contributed by atoms with E-state index in [1.165, 1.54) is 0 Å². The summed E-state index contributed by atoms with van der Waals surface area (Å²) in [6.07, 6.45) is 6.57. The minimum atomic E-state index is -3.29. The fraction of sp³-hybridized carbons (Fsp3) is 0.333. The molecule has 9 heteroatoms. The number of nitrogens with zero attached hydrogens (tertiary/aromatic N) is 3. The molecular weight excluding hydrogens is 402 g/mol. The van der Waals surface area contributed by atoms with E-state index in [0.29, 0.717) is 18.8 Å². The number of carbonyl (C=O) groups excluding carboxylic acids is 1. The van der Waals surface area contributed by atoms with E-state index in [-0.39, 0.29) is 12.1 Å². The molecule has 1 fully saturated rings. The largest absolute Gasteiger partial charge is 0.323 e. The molecule has 0 saturated carbocycles. The van der Waals surface area contributed by atoms with Gasteiger partial charge in [0.15, 0.2) is 0 Å². The molecule has 0 radical (unpaired) electrons. The Balaban J connectivity index is 1.42. The fourth-order valence-electron chi connectivity index (χ4n) is 3.78. The van der Waals surface area contributed by atoms with Crippen LogP contribution in [0.1, 0.15) is 18.4 Å². The molecule has 3 aromatic rings. The summed E-state index contributed by atoms with van der Waals surface area (Å²) in [5.74, 6) is 0. The number of piperidine rings is 1. The van der Waals surface area contributed by atoms with E-state index in [1.807, 2.05) is 60.1 Å². The number of urea groups is 1. The summed E-state index contributed by atoms with van der Waals surface area (Å²) in [4.78, 5) is 18.9. The number of sulfonamides is 1. The van der Waals surface area contributed by atoms with Gasteiger partial charge in [0.2, 0.25) is 10.0 Å². The number of hydrogen-bond acceptors (Lipinski definition) is 4. The Morgan fingerprint density at radius 3 is 2.67 bits per heavy atom. The number of carbonyl (C=O) groups is 1. The fourth-order valence-corrected chi connectivity index (χ4v) is 4.58. The van der Waals surface area contributed by atoms with Crippen LogP contribution in [0.25, 0.3) is 16.9 Å². The van der Waals surface area contributed by atoms with Crippen LogP contribution >= 0.6 is 0 Å². The van der Waals surface area contributed by atoms with Gasteiger partial charge in [0.1, 0.15) is 5.65 Å². The highest BCUT2D eigenvalue weighted by atomic mass is 32.2. The van der Waals surface area contributed by atoms with Gasteiger partial charge in [-0.3, -0.25) is 0 Å². The zero-order valence-corrected chi connectivity index (χ0v) is 17.8. The summed E-state index contributed by atoms with van der Waals surface area (Å²) in [6, 6.07) is 11.1. The summed E-state index contributed by atoms with van der Waals surface area (Å²) in [6.45, 7) is 2.99. The molecule has 8 nitrogen and oxygen atoms in total. The number of pyridine rings is 1. The van der Waals surface area contributed by atoms with Crippen molar-refractivity contribution in [2.75, 3.05) is 24.7 Å². The Bertz CT molecular complexity index is 1170. The second-order valence-corrected chi connectivity index (χ2v) is 9.51. The van der Waals surface area contributed by atoms with E-state index >= 15 is 0 Å². The Hall–Kier alpha value is -2.91. The third kappa shape index (κ3) is 4.63. The summed E-state index contributed by atoms with van der Waals surface area (Å²) < 4.78 is 27.5. The topological polar surface area (TPSA) is 95.8 Å². The zero-order chi connectivity index (χ0) is 21.3. The Morgan fingerprint density at radius 1 is 1.20 bits per heavy atom. The second kappa shape index (κ2) is 8.08. The molecule has 158 valence electrons. The lowest BCUT2D eigenvalue weighted by atomic mass is 10.1. The first kappa shape index (κ1) is 20.4. The van der Waals surface area contributed by atoms with E-state index < -0.39 is 10.0 Å². The number of anilines is 1. The predicted molar refractivity (Wildman–Crippen MR) is 117 cm³/mol. The molecular formula is C21H25N5O3S. The molecule has 1 aliphatic heterocycles. The van der Waals surface area contributed by atoms with E-state index in [4.69, 9.17) is 4.98 Å². The summed E-state index contributed by atoms with van der Waals surface area (Å²) >= 11 is 0. The van der Waals surface area contributed by atoms with Gasteiger partial charge in [-0.25, -0.2) is 22.9 Å². The maximum atomic E-state index is 12.6. The number of imidazole rings is 1. The Kier molecular flexibility index (Phi) is 5.48. The number of aromatic nitrogens is 2. The van der Waals surface area contributed by atoms with Crippen LogP contribution in [0.5, 0.6) is 0 Å². The number of likely N-dealkylation sites (tertiary alicyclic amines) is 1. The second-order valence-electron chi connectivity index (χ2n) is 7.73. The van der Waals surface area contributed by atoms with Crippen LogP contribution in [0.3, 0.4) is 0 Å². The highest BCUT2D eigenvalue weighted by Crippen LogP contribution is 2.23. The lowest BCUT2D eigenvalue weighted by Crippen LogP contribution is -2.50. The van der Waals surface area contributed by atoms with Crippen molar-refractivity contribution in [3.05, 3.63) is 54.4 Å². The van der Waals surface area contributed by atoms with Gasteiger partial charge in [0.25, 0.3) is 0 Å². The molecule has 0 aliphatic carbocycles. The monoisotopic (exact) mass is 427 g/mol. The van der Waals surface area contributed by atoms with Gasteiger partial charge in [-0.2, -0.15) is 0 Å². The number of fused-ring (bicyclic) bond motifs is 1. The van der Waals surface area contributed by atoms with Gasteiger partial charge in [0.05, 0.1) is 11.9 Å². The molecule has 0 unspecified atom stereocenters. The van der Waals surface area contributed by atoms with Crippen molar-refractivity contribution in [3.8, 4) is 11.3 Å². The van der Waals surface area contributed by atoms with Crippen molar-refractivity contribution in [3.63, 3.8) is 0 Å². The molecule has 2 aromatic heterocycles. The Labute approximate surface area is 176 Å². The van der Waals surface area contributed by atoms with Crippen LogP contribution in [0.4, 0.5) is 10.5 Å². The lowest BCUT2D eigenvalue weighted by molar-refractivity contribution is 0.190. The number of benzene rings is 1. The standard InChI is InChI=1S/C21H25N5O3S/c1-15-5-3-11-25-14-19(23-20(15)25)16-7-9-17(10-8-16)22-21(27)26-12-4-6-18(13-26)24-30(2,28)29/h3,5,7-11,14,18,24H,4,6,12-13H2,1-2H3,(H,22,27)/t18-/m1/s1. The van der Waals surface area contributed by atoms with Crippen molar-refractivity contribution in [2.45, 2.75) is 25.8 Å². The first-order valence-corrected chi connectivity index (χ1v) is 11.8. The molecule has 0 spiro atoms. The van der Waals surface area contributed by atoms with Gasteiger partial charge in [-0.15, -0.1) is 0 Å². The van der Waals surface area contributed by atoms with Crippen molar-refractivity contribution >= 4 is 27.4 Å². The molecule has 1 saturated heterocycles. The number of hydrogen-bond donors (Lipinski definition) is 2. The first-order chi connectivity index (χ1) is 14.3. The van der Waals surface area contributed by atoms with Crippen LogP contribution in [0.2, 0.25) is 0 Å². The molecule has 0 bridgehead atoms. The van der Waals surface area contributed by atoms with E-state index in [1.54, 1.807) is 4.90 Å². The lowest BCUT2D eigenvalue weighted by Gasteiger charge is -2.32. The number of rotatable bonds is 4. The average Bonchev–Trinajstić information content (AvgIpc) is 3.13. The van der Waals surface area contributed by atoms with E-state index in [0.717, 1.165) is 41.6 Å². The molecule has 1 aromatic carbocycles. The van der Waals surface area contributed by atoms with Crippen molar-refractivity contribution < 1.29 is 13.2 Å². The normalized spacial score (nSPS) is 17.3. The summed E-state index contributed by atoms with van der Waals surface area (Å²) in [5, 5.41) is 2.89. The highest BCUT2D eigenvalue weighted by molar-refractivity contribution is 7.88. The summed E-state index contributed by atoms with van der Waals surface area (Å²) in [7, 11) is -3.29. The van der Waals surface area contributed by atoms with Crippen LogP contribution in [-0.4, -0.2) is 54.1 Å². The predicted octanol–water partition coefficient (Wildman–Crippen LogP) is 2.86. The van der Waals surface area contributed by atoms with Gasteiger partial charge >= 0.3 is 6.03 Å². The molecule has 1 aliphatic rings. The van der Waals surface area contributed by atoms with Gasteiger partial charge < -0.3 is 14.6 Å². The van der Waals surface area contributed by atoms with Gasteiger partial charge in [-0.1, -0.05) is 18.2 Å². The van der Waals surface area contributed by atoms with Crippen LogP contribution in [0.15, 0.2) is 48.8 Å². The Morgan fingerprint density at radius 2 is 1.97 bits per heavy atom. The maximum absolute atomic E-state index is 12.6. The van der Waals surface area contributed by atoms with Crippen LogP contribution in [0, 0.1) is 6.92 Å². The summed E-state index contributed by atoms with van der Waals surface area (Å²) in [5.41, 5.74) is 4.55. The highest BCUT2D eigenvalue weighted by Gasteiger charge is 2.25. The third-order valence-electron chi connectivity index (χ3n) is 5.20. The van der Waals surface area contributed by atoms with E-state index in [9.17, 15) is 13.2 Å². The molecule has 2 amide bonds. The van der Waals surface area contributed by atoms with Crippen molar-refractivity contribution in [2.24, 2.45) is 0 Å². The minimum Gasteiger partial charge on any atom is -0.323 e.